The second-order valence-electron chi connectivity index (χ2n) is 7.01. The average molecular weight is 389 g/mol. The maximum atomic E-state index is 12.4. The van der Waals surface area contributed by atoms with E-state index in [2.05, 4.69) is 10.2 Å². The molecule has 0 unspecified atom stereocenters. The van der Waals surface area contributed by atoms with Gasteiger partial charge in [0.05, 0.1) is 12.7 Å². The molecule has 6 heteroatoms. The number of nitrogens with zero attached hydrogens (tertiary/aromatic N) is 2. The first kappa shape index (κ1) is 18.8. The van der Waals surface area contributed by atoms with Gasteiger partial charge in [-0.25, -0.2) is 0 Å². The molecule has 1 N–H and O–H groups in total. The highest BCUT2D eigenvalue weighted by Gasteiger charge is 2.23. The maximum Gasteiger partial charge on any atom is 0.289 e. The Hall–Kier alpha value is -3.54. The smallest absolute Gasteiger partial charge is 0.289 e. The van der Waals surface area contributed by atoms with E-state index in [1.807, 2.05) is 59.5 Å². The van der Waals surface area contributed by atoms with Gasteiger partial charge in [0.2, 0.25) is 5.91 Å². The van der Waals surface area contributed by atoms with E-state index < -0.39 is 0 Å². The fraction of sp³-hybridized carbons (Fsp3) is 0.217. The topological polar surface area (TPSA) is 65.8 Å². The second kappa shape index (κ2) is 8.65. The van der Waals surface area contributed by atoms with Crippen molar-refractivity contribution in [1.29, 1.82) is 0 Å². The van der Waals surface area contributed by atoms with Crippen LogP contribution >= 0.6 is 0 Å². The van der Waals surface area contributed by atoms with Crippen molar-refractivity contribution >= 4 is 23.2 Å². The summed E-state index contributed by atoms with van der Waals surface area (Å²) in [4.78, 5) is 28.6. The van der Waals surface area contributed by atoms with Crippen LogP contribution in [0.25, 0.3) is 0 Å². The molecule has 2 heterocycles. The third-order valence-electron chi connectivity index (χ3n) is 5.02. The van der Waals surface area contributed by atoms with Crippen LogP contribution in [-0.2, 0) is 11.2 Å². The molecule has 0 aliphatic carbocycles. The standard InChI is InChI=1S/C23H23N3O3/c27-22(17-18-5-2-1-3-6-18)24-19-8-10-20(11-9-19)25-12-14-26(15-13-25)23(28)21-7-4-16-29-21/h1-11,16H,12-15,17H2,(H,24,27). The van der Waals surface area contributed by atoms with Crippen LogP contribution in [0.15, 0.2) is 77.4 Å². The maximum absolute atomic E-state index is 12.4. The molecule has 0 atom stereocenters. The van der Waals surface area contributed by atoms with Crippen LogP contribution in [0, 0.1) is 0 Å². The minimum atomic E-state index is -0.0638. The van der Waals surface area contributed by atoms with Crippen molar-refractivity contribution < 1.29 is 14.0 Å². The number of furan rings is 1. The largest absolute Gasteiger partial charge is 0.459 e. The summed E-state index contributed by atoms with van der Waals surface area (Å²) in [6.45, 7) is 2.81. The molecule has 1 aliphatic heterocycles. The van der Waals surface area contributed by atoms with Crippen molar-refractivity contribution in [3.8, 4) is 0 Å². The average Bonchev–Trinajstić information content (AvgIpc) is 3.29. The number of piperazine rings is 1. The van der Waals surface area contributed by atoms with Gasteiger partial charge < -0.3 is 19.5 Å². The molecule has 0 bridgehead atoms. The second-order valence-corrected chi connectivity index (χ2v) is 7.01. The zero-order valence-corrected chi connectivity index (χ0v) is 16.1. The zero-order chi connectivity index (χ0) is 20.1. The lowest BCUT2D eigenvalue weighted by Gasteiger charge is -2.35. The normalized spacial score (nSPS) is 13.9. The van der Waals surface area contributed by atoms with E-state index >= 15 is 0 Å². The van der Waals surface area contributed by atoms with Gasteiger partial charge in [-0.2, -0.15) is 0 Å². The lowest BCUT2D eigenvalue weighted by Crippen LogP contribution is -2.48. The summed E-state index contributed by atoms with van der Waals surface area (Å²) in [5.74, 6) is 0.286. The molecule has 29 heavy (non-hydrogen) atoms. The highest BCUT2D eigenvalue weighted by atomic mass is 16.3. The van der Waals surface area contributed by atoms with Crippen LogP contribution in [0.3, 0.4) is 0 Å². The van der Waals surface area contributed by atoms with Crippen LogP contribution in [0.5, 0.6) is 0 Å². The molecule has 2 aromatic carbocycles. The number of nitrogens with one attached hydrogen (secondary N) is 1. The number of rotatable bonds is 5. The summed E-state index contributed by atoms with van der Waals surface area (Å²) < 4.78 is 5.20. The van der Waals surface area contributed by atoms with Gasteiger partial charge in [0, 0.05) is 37.6 Å². The van der Waals surface area contributed by atoms with Gasteiger partial charge in [0.25, 0.3) is 5.91 Å². The van der Waals surface area contributed by atoms with Gasteiger partial charge >= 0.3 is 0 Å². The third-order valence-corrected chi connectivity index (χ3v) is 5.02. The summed E-state index contributed by atoms with van der Waals surface area (Å²) in [6, 6.07) is 20.9. The number of benzene rings is 2. The van der Waals surface area contributed by atoms with Gasteiger partial charge in [0.15, 0.2) is 5.76 Å². The Morgan fingerprint density at radius 3 is 2.24 bits per heavy atom. The Labute approximate surface area is 169 Å². The predicted molar refractivity (Wildman–Crippen MR) is 112 cm³/mol. The first-order valence-corrected chi connectivity index (χ1v) is 9.70. The molecule has 1 aromatic heterocycles. The van der Waals surface area contributed by atoms with Gasteiger partial charge in [-0.15, -0.1) is 0 Å². The first-order chi connectivity index (χ1) is 14.2. The highest BCUT2D eigenvalue weighted by Crippen LogP contribution is 2.20. The fourth-order valence-corrected chi connectivity index (χ4v) is 3.47. The van der Waals surface area contributed by atoms with Crippen molar-refractivity contribution in [3.63, 3.8) is 0 Å². The van der Waals surface area contributed by atoms with Crippen molar-refractivity contribution in [2.24, 2.45) is 0 Å². The minimum Gasteiger partial charge on any atom is -0.459 e. The lowest BCUT2D eigenvalue weighted by molar-refractivity contribution is -0.115. The van der Waals surface area contributed by atoms with E-state index in [1.165, 1.54) is 6.26 Å². The summed E-state index contributed by atoms with van der Waals surface area (Å²) in [5, 5.41) is 2.94. The van der Waals surface area contributed by atoms with Crippen LogP contribution in [0.2, 0.25) is 0 Å². The zero-order valence-electron chi connectivity index (χ0n) is 16.1. The summed E-state index contributed by atoms with van der Waals surface area (Å²) in [5.41, 5.74) is 2.85. The molecule has 4 rings (SSSR count). The lowest BCUT2D eigenvalue weighted by atomic mass is 10.1. The molecular weight excluding hydrogens is 366 g/mol. The summed E-state index contributed by atoms with van der Waals surface area (Å²) in [6.07, 6.45) is 1.87. The SMILES string of the molecule is O=C(Cc1ccccc1)Nc1ccc(N2CCN(C(=O)c3ccco3)CC2)cc1. The third kappa shape index (κ3) is 4.66. The van der Waals surface area contributed by atoms with Crippen LogP contribution in [0.4, 0.5) is 11.4 Å². The van der Waals surface area contributed by atoms with Crippen molar-refractivity contribution in [2.75, 3.05) is 36.4 Å². The quantitative estimate of drug-likeness (QED) is 0.726. The molecule has 1 aliphatic rings. The Balaban J connectivity index is 1.29. The molecule has 2 amide bonds. The number of anilines is 2. The Morgan fingerprint density at radius 2 is 1.59 bits per heavy atom. The van der Waals surface area contributed by atoms with Crippen molar-refractivity contribution in [3.05, 3.63) is 84.3 Å². The number of hydrogen-bond donors (Lipinski definition) is 1. The predicted octanol–water partition coefficient (Wildman–Crippen LogP) is 3.42. The Bertz CT molecular complexity index is 945. The van der Waals surface area contributed by atoms with Gasteiger partial charge in [-0.3, -0.25) is 9.59 Å². The van der Waals surface area contributed by atoms with E-state index in [9.17, 15) is 9.59 Å². The van der Waals surface area contributed by atoms with Gasteiger partial charge in [0.1, 0.15) is 0 Å². The number of carbonyl (C=O) groups excluding carboxylic acids is 2. The van der Waals surface area contributed by atoms with Crippen LogP contribution < -0.4 is 10.2 Å². The Kier molecular flexibility index (Phi) is 5.61. The fourth-order valence-electron chi connectivity index (χ4n) is 3.47. The molecular formula is C23H23N3O3. The van der Waals surface area contributed by atoms with Crippen molar-refractivity contribution in [1.82, 2.24) is 4.90 Å². The highest BCUT2D eigenvalue weighted by molar-refractivity contribution is 5.92. The monoisotopic (exact) mass is 389 g/mol. The molecule has 1 fully saturated rings. The Morgan fingerprint density at radius 1 is 0.862 bits per heavy atom. The molecule has 3 aromatic rings. The first-order valence-electron chi connectivity index (χ1n) is 9.70. The van der Waals surface area contributed by atoms with Gasteiger partial charge in [-0.05, 0) is 42.0 Å². The number of amides is 2. The van der Waals surface area contributed by atoms with E-state index in [-0.39, 0.29) is 11.8 Å². The van der Waals surface area contributed by atoms with Crippen LogP contribution in [0.1, 0.15) is 16.1 Å². The molecule has 0 spiro atoms. The van der Waals surface area contributed by atoms with E-state index in [0.717, 1.165) is 30.0 Å². The van der Waals surface area contributed by atoms with E-state index in [0.29, 0.717) is 25.3 Å². The minimum absolute atomic E-state index is 0.0333. The molecule has 6 nitrogen and oxygen atoms in total. The van der Waals surface area contributed by atoms with Crippen molar-refractivity contribution in [2.45, 2.75) is 6.42 Å². The van der Waals surface area contributed by atoms with Gasteiger partial charge in [-0.1, -0.05) is 30.3 Å². The summed E-state index contributed by atoms with van der Waals surface area (Å²) >= 11 is 0. The van der Waals surface area contributed by atoms with E-state index in [1.54, 1.807) is 12.1 Å². The number of carbonyl (C=O) groups is 2. The molecule has 0 saturated carbocycles. The van der Waals surface area contributed by atoms with E-state index in [4.69, 9.17) is 4.42 Å². The molecule has 0 radical (unpaired) electrons. The molecule has 1 saturated heterocycles. The van der Waals surface area contributed by atoms with Crippen LogP contribution in [-0.4, -0.2) is 42.9 Å². The molecule has 148 valence electrons. The number of hydrogen-bond acceptors (Lipinski definition) is 4. The summed E-state index contributed by atoms with van der Waals surface area (Å²) in [7, 11) is 0.